The fourth-order valence-electron chi connectivity index (χ4n) is 6.95. The summed E-state index contributed by atoms with van der Waals surface area (Å²) in [6.45, 7) is 7.23. The molecule has 52 heavy (non-hydrogen) atoms. The lowest BCUT2D eigenvalue weighted by Crippen LogP contribution is -2.63. The standard InChI is InChI=1S/C43H52O9/c1-29-37(24-44)50-31(3)40(38(29)46-28-35-20-22-36(45-4)23-21-35)52-43-42(49-27-34-18-12-7-13-19-34)41(48-26-33-16-10-6-11-17-33)39(30(2)51-43)47-25-32-14-8-5-9-15-32/h5-23,29-31,37-44H,24-28H2,1-4H3. The molecule has 0 bridgehead atoms. The highest BCUT2D eigenvalue weighted by Gasteiger charge is 2.51. The van der Waals surface area contributed by atoms with Gasteiger partial charge in [-0.25, -0.2) is 0 Å². The summed E-state index contributed by atoms with van der Waals surface area (Å²) in [4.78, 5) is 0. The van der Waals surface area contributed by atoms with Crippen LogP contribution in [0.15, 0.2) is 115 Å². The van der Waals surface area contributed by atoms with Crippen LogP contribution in [-0.4, -0.2) is 73.9 Å². The van der Waals surface area contributed by atoms with Crippen LogP contribution in [0, 0.1) is 5.92 Å². The number of hydrogen-bond donors (Lipinski definition) is 1. The van der Waals surface area contributed by atoms with Gasteiger partial charge in [0.15, 0.2) is 6.29 Å². The zero-order chi connectivity index (χ0) is 36.3. The number of rotatable bonds is 16. The van der Waals surface area contributed by atoms with Gasteiger partial charge < -0.3 is 43.0 Å². The highest BCUT2D eigenvalue weighted by Crippen LogP contribution is 2.36. The average molecular weight is 713 g/mol. The molecule has 278 valence electrons. The van der Waals surface area contributed by atoms with Gasteiger partial charge in [-0.15, -0.1) is 0 Å². The van der Waals surface area contributed by atoms with Crippen LogP contribution in [-0.2, 0) is 59.6 Å². The van der Waals surface area contributed by atoms with Gasteiger partial charge >= 0.3 is 0 Å². The molecule has 2 saturated heterocycles. The van der Waals surface area contributed by atoms with Crippen molar-refractivity contribution in [3.8, 4) is 5.75 Å². The van der Waals surface area contributed by atoms with E-state index < -0.39 is 55.1 Å². The molecule has 1 N–H and O–H groups in total. The maximum Gasteiger partial charge on any atom is 0.187 e. The molecule has 4 aromatic rings. The Morgan fingerprint density at radius 1 is 0.500 bits per heavy atom. The zero-order valence-electron chi connectivity index (χ0n) is 30.5. The monoisotopic (exact) mass is 712 g/mol. The van der Waals surface area contributed by atoms with Gasteiger partial charge in [-0.3, -0.25) is 0 Å². The van der Waals surface area contributed by atoms with Gasteiger partial charge in [0.1, 0.15) is 30.2 Å². The molecule has 0 aliphatic carbocycles. The van der Waals surface area contributed by atoms with E-state index in [2.05, 4.69) is 0 Å². The minimum atomic E-state index is -0.850. The first-order chi connectivity index (χ1) is 25.4. The van der Waals surface area contributed by atoms with Crippen molar-refractivity contribution in [2.24, 2.45) is 5.92 Å². The van der Waals surface area contributed by atoms with Gasteiger partial charge in [0.2, 0.25) is 0 Å². The number of benzene rings is 4. The van der Waals surface area contributed by atoms with Gasteiger partial charge in [0, 0.05) is 5.92 Å². The second-order valence-corrected chi connectivity index (χ2v) is 13.6. The predicted octanol–water partition coefficient (Wildman–Crippen LogP) is 6.88. The van der Waals surface area contributed by atoms with Crippen molar-refractivity contribution >= 4 is 0 Å². The molecule has 4 aromatic carbocycles. The van der Waals surface area contributed by atoms with Crippen LogP contribution < -0.4 is 4.74 Å². The van der Waals surface area contributed by atoms with E-state index in [0.29, 0.717) is 26.4 Å². The molecule has 2 aliphatic rings. The molecule has 9 nitrogen and oxygen atoms in total. The van der Waals surface area contributed by atoms with Gasteiger partial charge in [0.25, 0.3) is 0 Å². The number of aliphatic hydroxyl groups excluding tert-OH is 1. The Hall–Kier alpha value is -3.64. The van der Waals surface area contributed by atoms with E-state index in [-0.39, 0.29) is 12.5 Å². The van der Waals surface area contributed by atoms with Crippen LogP contribution in [0.3, 0.4) is 0 Å². The molecule has 10 unspecified atom stereocenters. The second kappa shape index (κ2) is 18.9. The summed E-state index contributed by atoms with van der Waals surface area (Å²) < 4.78 is 52.2. The molecule has 0 amide bonds. The quantitative estimate of drug-likeness (QED) is 0.133. The summed E-state index contributed by atoms with van der Waals surface area (Å²) in [5.74, 6) is 0.597. The van der Waals surface area contributed by atoms with Crippen LogP contribution in [0.25, 0.3) is 0 Å². The van der Waals surface area contributed by atoms with Crippen LogP contribution in [0.1, 0.15) is 43.0 Å². The van der Waals surface area contributed by atoms with Crippen LogP contribution >= 0.6 is 0 Å². The van der Waals surface area contributed by atoms with Gasteiger partial charge in [0.05, 0.1) is 64.6 Å². The van der Waals surface area contributed by atoms with Gasteiger partial charge in [-0.2, -0.15) is 0 Å². The number of ether oxygens (including phenoxy) is 8. The summed E-state index contributed by atoms with van der Waals surface area (Å²) in [6.07, 6.45) is -4.76. The van der Waals surface area contributed by atoms with E-state index in [4.69, 9.17) is 37.9 Å². The van der Waals surface area contributed by atoms with Crippen molar-refractivity contribution in [3.05, 3.63) is 138 Å². The van der Waals surface area contributed by atoms with E-state index >= 15 is 0 Å². The molecule has 0 radical (unpaired) electrons. The first-order valence-electron chi connectivity index (χ1n) is 18.2. The maximum absolute atomic E-state index is 10.2. The summed E-state index contributed by atoms with van der Waals surface area (Å²) in [5.41, 5.74) is 4.09. The average Bonchev–Trinajstić information content (AvgIpc) is 3.18. The summed E-state index contributed by atoms with van der Waals surface area (Å²) in [6, 6.07) is 38.0. The fraction of sp³-hybridized carbons (Fsp3) is 0.442. The molecule has 2 aliphatic heterocycles. The third-order valence-electron chi connectivity index (χ3n) is 9.94. The molecule has 9 heteroatoms. The largest absolute Gasteiger partial charge is 0.497 e. The molecule has 0 aromatic heterocycles. The maximum atomic E-state index is 10.2. The van der Waals surface area contributed by atoms with Crippen molar-refractivity contribution in [3.63, 3.8) is 0 Å². The lowest BCUT2D eigenvalue weighted by Gasteiger charge is -2.49. The van der Waals surface area contributed by atoms with Crippen LogP contribution in [0.4, 0.5) is 0 Å². The molecule has 2 heterocycles. The third-order valence-corrected chi connectivity index (χ3v) is 9.94. The molecule has 2 fully saturated rings. The lowest BCUT2D eigenvalue weighted by molar-refractivity contribution is -0.351. The summed E-state index contributed by atoms with van der Waals surface area (Å²) >= 11 is 0. The lowest BCUT2D eigenvalue weighted by atomic mass is 9.88. The molecule has 0 saturated carbocycles. The zero-order valence-corrected chi connectivity index (χ0v) is 30.5. The Labute approximate surface area is 307 Å². The van der Waals surface area contributed by atoms with Crippen molar-refractivity contribution in [2.75, 3.05) is 13.7 Å². The SMILES string of the molecule is COc1ccc(COC2C(C)C(CO)OC(C)C2OC2OC(C)C(OCc3ccccc3)C(OCc3ccccc3)C2OCc2ccccc2)cc1. The van der Waals surface area contributed by atoms with Gasteiger partial charge in [-0.1, -0.05) is 110 Å². The molecular formula is C43H52O9. The summed E-state index contributed by atoms with van der Waals surface area (Å²) in [5, 5.41) is 10.2. The number of aliphatic hydroxyl groups is 1. The van der Waals surface area contributed by atoms with E-state index in [1.165, 1.54) is 0 Å². The van der Waals surface area contributed by atoms with Crippen molar-refractivity contribution in [1.82, 2.24) is 0 Å². The van der Waals surface area contributed by atoms with E-state index in [1.54, 1.807) is 7.11 Å². The highest BCUT2D eigenvalue weighted by atomic mass is 16.7. The fourth-order valence-corrected chi connectivity index (χ4v) is 6.95. The minimum absolute atomic E-state index is 0.129. The highest BCUT2D eigenvalue weighted by molar-refractivity contribution is 5.26. The van der Waals surface area contributed by atoms with E-state index in [9.17, 15) is 5.11 Å². The molecule has 0 spiro atoms. The summed E-state index contributed by atoms with van der Waals surface area (Å²) in [7, 11) is 1.65. The Kier molecular flexibility index (Phi) is 13.9. The Balaban J connectivity index is 1.28. The third kappa shape index (κ3) is 9.86. The van der Waals surface area contributed by atoms with Crippen molar-refractivity contribution in [2.45, 2.75) is 102 Å². The van der Waals surface area contributed by atoms with Gasteiger partial charge in [-0.05, 0) is 48.2 Å². The number of methoxy groups -OCH3 is 1. The van der Waals surface area contributed by atoms with Crippen LogP contribution in [0.5, 0.6) is 5.75 Å². The first kappa shape index (κ1) is 38.1. The normalized spacial score (nSPS) is 29.1. The number of hydrogen-bond acceptors (Lipinski definition) is 9. The van der Waals surface area contributed by atoms with Crippen molar-refractivity contribution < 1.29 is 43.0 Å². The van der Waals surface area contributed by atoms with E-state index in [1.807, 2.05) is 136 Å². The van der Waals surface area contributed by atoms with Crippen molar-refractivity contribution in [1.29, 1.82) is 0 Å². The smallest absolute Gasteiger partial charge is 0.187 e. The predicted molar refractivity (Wildman–Crippen MR) is 196 cm³/mol. The second-order valence-electron chi connectivity index (χ2n) is 13.6. The molecular weight excluding hydrogens is 660 g/mol. The van der Waals surface area contributed by atoms with Crippen LogP contribution in [0.2, 0.25) is 0 Å². The molecule has 10 atom stereocenters. The molecule has 6 rings (SSSR count). The first-order valence-corrected chi connectivity index (χ1v) is 18.2. The van der Waals surface area contributed by atoms with E-state index in [0.717, 1.165) is 28.0 Å². The Morgan fingerprint density at radius 2 is 0.942 bits per heavy atom. The Bertz CT molecular complexity index is 1590. The minimum Gasteiger partial charge on any atom is -0.497 e. The Morgan fingerprint density at radius 3 is 1.44 bits per heavy atom. The topological polar surface area (TPSA) is 94.1 Å².